The number of carboxylic acids is 4. The number of aromatic carboxylic acids is 4. The van der Waals surface area contributed by atoms with Crippen LogP contribution in [-0.4, -0.2) is 58.5 Å². The van der Waals surface area contributed by atoms with Crippen molar-refractivity contribution in [1.82, 2.24) is 0 Å². The predicted octanol–water partition coefficient (Wildman–Crippen LogP) is 5.85. The zero-order valence-electron chi connectivity index (χ0n) is 25.4. The van der Waals surface area contributed by atoms with E-state index in [1.807, 2.05) is 48.5 Å². The van der Waals surface area contributed by atoms with Crippen LogP contribution in [0.4, 0.5) is 0 Å². The van der Waals surface area contributed by atoms with Gasteiger partial charge in [-0.15, -0.1) is 0 Å². The van der Waals surface area contributed by atoms with Gasteiger partial charge in [0.2, 0.25) is 0 Å². The van der Waals surface area contributed by atoms with Gasteiger partial charge in [0.15, 0.2) is 0 Å². The first kappa shape index (κ1) is 33.3. The van der Waals surface area contributed by atoms with Crippen LogP contribution in [0, 0.1) is 0 Å². The van der Waals surface area contributed by atoms with E-state index < -0.39 is 23.9 Å². The van der Waals surface area contributed by atoms with Crippen molar-refractivity contribution >= 4 is 23.9 Å². The highest BCUT2D eigenvalue weighted by Gasteiger charge is 2.22. The number of methoxy groups -OCH3 is 2. The molecule has 0 heterocycles. The smallest absolute Gasteiger partial charge is 0.336 e. The van der Waals surface area contributed by atoms with Gasteiger partial charge < -0.3 is 29.9 Å². The summed E-state index contributed by atoms with van der Waals surface area (Å²) in [6, 6.07) is 20.4. The lowest BCUT2D eigenvalue weighted by Gasteiger charge is -2.17. The van der Waals surface area contributed by atoms with E-state index >= 15 is 0 Å². The standard InChI is InChI=1S/C36H34O10/c1-45-27-13-5-21(6-14-27)3-9-23-17-29(33(37)38)31(35(41)42)19-25(23)11-12-26-20-32(36(43)44)30(34(39)40)18-24(26)10-4-22-7-15-28(46-2)16-8-22/h5-8,13-20H,3-4,9-12H2,1-2H3,(H,37,38)(H,39,40)(H,41,42)(H,43,44). The molecule has 0 amide bonds. The lowest BCUT2D eigenvalue weighted by molar-refractivity contribution is 0.0651. The van der Waals surface area contributed by atoms with Crippen LogP contribution in [0.5, 0.6) is 11.5 Å². The number of hydrogen-bond acceptors (Lipinski definition) is 6. The molecule has 0 unspecified atom stereocenters. The van der Waals surface area contributed by atoms with Crippen LogP contribution in [0.25, 0.3) is 0 Å². The summed E-state index contributed by atoms with van der Waals surface area (Å²) in [5.41, 5.74) is 3.14. The monoisotopic (exact) mass is 626 g/mol. The molecule has 0 aromatic heterocycles. The number of aryl methyl sites for hydroxylation is 6. The summed E-state index contributed by atoms with van der Waals surface area (Å²) in [7, 11) is 3.13. The molecule has 4 N–H and O–H groups in total. The third kappa shape index (κ3) is 8.09. The minimum Gasteiger partial charge on any atom is -0.497 e. The number of ether oxygens (including phenoxy) is 2. The Morgan fingerprint density at radius 3 is 0.891 bits per heavy atom. The molecule has 0 fully saturated rings. The van der Waals surface area contributed by atoms with Crippen molar-refractivity contribution in [2.24, 2.45) is 0 Å². The Morgan fingerprint density at radius 2 is 0.674 bits per heavy atom. The molecule has 46 heavy (non-hydrogen) atoms. The van der Waals surface area contributed by atoms with Gasteiger partial charge in [0.25, 0.3) is 0 Å². The molecular formula is C36H34O10. The minimum absolute atomic E-state index is 0.263. The zero-order chi connectivity index (χ0) is 33.4. The van der Waals surface area contributed by atoms with Crippen molar-refractivity contribution in [2.75, 3.05) is 14.2 Å². The van der Waals surface area contributed by atoms with E-state index in [9.17, 15) is 39.6 Å². The molecule has 0 radical (unpaired) electrons. The van der Waals surface area contributed by atoms with E-state index in [4.69, 9.17) is 9.47 Å². The van der Waals surface area contributed by atoms with E-state index in [1.165, 1.54) is 24.3 Å². The molecule has 0 bridgehead atoms. The second-order valence-corrected chi connectivity index (χ2v) is 10.7. The molecule has 0 atom stereocenters. The van der Waals surface area contributed by atoms with Crippen molar-refractivity contribution in [1.29, 1.82) is 0 Å². The van der Waals surface area contributed by atoms with Crippen LogP contribution in [0.3, 0.4) is 0 Å². The number of carbonyl (C=O) groups is 4. The molecule has 4 aromatic carbocycles. The van der Waals surface area contributed by atoms with Crippen LogP contribution >= 0.6 is 0 Å². The van der Waals surface area contributed by atoms with Gasteiger partial charge in [-0.3, -0.25) is 0 Å². The summed E-state index contributed by atoms with van der Waals surface area (Å²) in [6.45, 7) is 0. The molecule has 0 spiro atoms. The zero-order valence-corrected chi connectivity index (χ0v) is 25.4. The van der Waals surface area contributed by atoms with E-state index in [2.05, 4.69) is 0 Å². The Bertz CT molecular complexity index is 1620. The minimum atomic E-state index is -1.38. The molecule has 0 saturated carbocycles. The normalized spacial score (nSPS) is 10.7. The van der Waals surface area contributed by atoms with Crippen LogP contribution in [-0.2, 0) is 38.5 Å². The van der Waals surface area contributed by atoms with Gasteiger partial charge in [-0.2, -0.15) is 0 Å². The highest BCUT2D eigenvalue weighted by Crippen LogP contribution is 2.26. The summed E-state index contributed by atoms with van der Waals surface area (Å²) >= 11 is 0. The number of benzene rings is 4. The topological polar surface area (TPSA) is 168 Å². The highest BCUT2D eigenvalue weighted by molar-refractivity contribution is 6.03. The Balaban J connectivity index is 1.70. The van der Waals surface area contributed by atoms with E-state index in [0.717, 1.165) is 11.1 Å². The van der Waals surface area contributed by atoms with Crippen LogP contribution in [0.1, 0.15) is 74.8 Å². The lowest BCUT2D eigenvalue weighted by Crippen LogP contribution is -2.13. The maximum atomic E-state index is 12.0. The van der Waals surface area contributed by atoms with Crippen LogP contribution in [0.15, 0.2) is 72.8 Å². The third-order valence-electron chi connectivity index (χ3n) is 7.95. The summed E-state index contributed by atoms with van der Waals surface area (Å²) in [5.74, 6) is -4.07. The van der Waals surface area contributed by atoms with E-state index in [1.54, 1.807) is 14.2 Å². The Labute approximate surface area is 265 Å². The van der Waals surface area contributed by atoms with Crippen molar-refractivity contribution in [3.05, 3.63) is 128 Å². The molecule has 10 heteroatoms. The first-order valence-electron chi connectivity index (χ1n) is 14.5. The van der Waals surface area contributed by atoms with Crippen LogP contribution in [0.2, 0.25) is 0 Å². The maximum absolute atomic E-state index is 12.0. The van der Waals surface area contributed by atoms with Gasteiger partial charge in [-0.1, -0.05) is 24.3 Å². The van der Waals surface area contributed by atoms with Gasteiger partial charge in [0.1, 0.15) is 11.5 Å². The first-order chi connectivity index (χ1) is 22.0. The largest absolute Gasteiger partial charge is 0.497 e. The summed E-state index contributed by atoms with van der Waals surface area (Å²) < 4.78 is 10.4. The molecule has 4 rings (SSSR count). The highest BCUT2D eigenvalue weighted by atomic mass is 16.5. The average molecular weight is 627 g/mol. The molecular weight excluding hydrogens is 592 g/mol. The van der Waals surface area contributed by atoms with E-state index in [0.29, 0.717) is 59.4 Å². The Hall–Kier alpha value is -5.64. The van der Waals surface area contributed by atoms with Crippen molar-refractivity contribution in [3.8, 4) is 11.5 Å². The Kier molecular flexibility index (Phi) is 10.8. The van der Waals surface area contributed by atoms with E-state index in [-0.39, 0.29) is 35.1 Å². The number of hydrogen-bond donors (Lipinski definition) is 4. The lowest BCUT2D eigenvalue weighted by atomic mass is 9.88. The van der Waals surface area contributed by atoms with Gasteiger partial charge in [0.05, 0.1) is 36.5 Å². The van der Waals surface area contributed by atoms with Crippen molar-refractivity contribution in [3.63, 3.8) is 0 Å². The third-order valence-corrected chi connectivity index (χ3v) is 7.95. The SMILES string of the molecule is COc1ccc(CCc2cc(C(=O)O)c(C(=O)O)cc2CCc2cc(C(=O)O)c(C(=O)O)cc2CCc2ccc(OC)cc2)cc1. The Morgan fingerprint density at radius 1 is 0.435 bits per heavy atom. The fourth-order valence-corrected chi connectivity index (χ4v) is 5.43. The molecule has 238 valence electrons. The fourth-order valence-electron chi connectivity index (χ4n) is 5.43. The maximum Gasteiger partial charge on any atom is 0.336 e. The predicted molar refractivity (Wildman–Crippen MR) is 169 cm³/mol. The summed E-state index contributed by atoms with van der Waals surface area (Å²) in [6.07, 6.45) is 2.46. The molecule has 0 aliphatic heterocycles. The number of carboxylic acid groups (broad SMARTS) is 4. The molecule has 10 nitrogen and oxygen atoms in total. The van der Waals surface area contributed by atoms with Gasteiger partial charge in [-0.25, -0.2) is 19.2 Å². The fraction of sp³-hybridized carbons (Fsp3) is 0.222. The number of rotatable bonds is 15. The van der Waals surface area contributed by atoms with Crippen molar-refractivity contribution in [2.45, 2.75) is 38.5 Å². The van der Waals surface area contributed by atoms with Gasteiger partial charge >= 0.3 is 23.9 Å². The second kappa shape index (κ2) is 14.9. The van der Waals surface area contributed by atoms with Crippen LogP contribution < -0.4 is 9.47 Å². The van der Waals surface area contributed by atoms with Gasteiger partial charge in [-0.05, 0) is 120 Å². The molecule has 4 aromatic rings. The summed E-state index contributed by atoms with van der Waals surface area (Å²) in [4.78, 5) is 48.0. The molecule has 0 aliphatic rings. The summed E-state index contributed by atoms with van der Waals surface area (Å²) in [5, 5.41) is 39.1. The molecule has 0 saturated heterocycles. The van der Waals surface area contributed by atoms with Crippen molar-refractivity contribution < 1.29 is 49.1 Å². The second-order valence-electron chi connectivity index (χ2n) is 10.7. The quantitative estimate of drug-likeness (QED) is 0.126. The first-order valence-corrected chi connectivity index (χ1v) is 14.5. The van der Waals surface area contributed by atoms with Gasteiger partial charge in [0, 0.05) is 0 Å². The average Bonchev–Trinajstić information content (AvgIpc) is 3.05. The molecule has 0 aliphatic carbocycles.